The summed E-state index contributed by atoms with van der Waals surface area (Å²) < 4.78 is 16.6. The Bertz CT molecular complexity index is 1230. The van der Waals surface area contributed by atoms with Crippen LogP contribution >= 0.6 is 15.9 Å². The van der Waals surface area contributed by atoms with Crippen LogP contribution in [0.2, 0.25) is 0 Å². The van der Waals surface area contributed by atoms with Gasteiger partial charge in [-0.1, -0.05) is 15.9 Å². The molecule has 0 unspecified atom stereocenters. The number of ether oxygens (including phenoxy) is 3. The molecule has 3 N–H and O–H groups in total. The molecule has 0 heterocycles. The number of methoxy groups -OCH3 is 2. The topological polar surface area (TPSA) is 127 Å². The zero-order chi connectivity index (χ0) is 24.0. The molecule has 170 valence electrons. The highest BCUT2D eigenvalue weighted by Crippen LogP contribution is 2.29. The number of aromatic hydroxyl groups is 2. The molecule has 0 fully saturated rings. The first-order chi connectivity index (χ1) is 15.8. The predicted octanol–water partition coefficient (Wildman–Crippen LogP) is 3.86. The molecule has 3 rings (SSSR count). The molecule has 0 saturated carbocycles. The molecule has 0 aromatic heterocycles. The van der Waals surface area contributed by atoms with Gasteiger partial charge < -0.3 is 24.4 Å². The third kappa shape index (κ3) is 5.80. The van der Waals surface area contributed by atoms with Crippen molar-refractivity contribution in [2.24, 2.45) is 5.10 Å². The van der Waals surface area contributed by atoms with E-state index in [0.29, 0.717) is 21.5 Å². The van der Waals surface area contributed by atoms with Gasteiger partial charge in [0.05, 0.1) is 31.6 Å². The molecule has 0 bridgehead atoms. The number of phenols is 2. The standard InChI is InChI=1S/C23H19BrN2O7/c1-31-20-7-3-13(10-21(20)32-2)23(30)33-19-8-4-15(24)9-14(19)12-25-26-22(29)17-6-5-16(27)11-18(17)28/h3-12,27-28H,1-2H3,(H,26,29)/b25-12+. The Balaban J connectivity index is 1.77. The van der Waals surface area contributed by atoms with Crippen LogP contribution in [-0.4, -0.2) is 42.5 Å². The highest BCUT2D eigenvalue weighted by Gasteiger charge is 2.15. The Morgan fingerprint density at radius 1 is 0.939 bits per heavy atom. The van der Waals surface area contributed by atoms with Crippen molar-refractivity contribution in [3.8, 4) is 28.7 Å². The van der Waals surface area contributed by atoms with Gasteiger partial charge in [-0.25, -0.2) is 10.2 Å². The number of carbonyl (C=O) groups is 2. The van der Waals surface area contributed by atoms with Crippen LogP contribution in [0.1, 0.15) is 26.3 Å². The van der Waals surface area contributed by atoms with Crippen LogP contribution in [-0.2, 0) is 0 Å². The maximum Gasteiger partial charge on any atom is 0.343 e. The highest BCUT2D eigenvalue weighted by atomic mass is 79.9. The predicted molar refractivity (Wildman–Crippen MR) is 123 cm³/mol. The molecule has 0 aliphatic heterocycles. The van der Waals surface area contributed by atoms with Crippen molar-refractivity contribution in [3.63, 3.8) is 0 Å². The molecule has 0 aliphatic carbocycles. The number of carbonyl (C=O) groups excluding carboxylic acids is 2. The van der Waals surface area contributed by atoms with E-state index < -0.39 is 17.6 Å². The quantitative estimate of drug-likeness (QED) is 0.189. The molecule has 3 aromatic rings. The monoisotopic (exact) mass is 514 g/mol. The van der Waals surface area contributed by atoms with Crippen LogP contribution < -0.4 is 19.6 Å². The molecule has 0 aliphatic rings. The van der Waals surface area contributed by atoms with Gasteiger partial charge in [-0.15, -0.1) is 0 Å². The van der Waals surface area contributed by atoms with Crippen LogP contribution in [0.4, 0.5) is 0 Å². The lowest BCUT2D eigenvalue weighted by Gasteiger charge is -2.11. The number of hydrogen-bond acceptors (Lipinski definition) is 8. The summed E-state index contributed by atoms with van der Waals surface area (Å²) in [7, 11) is 2.95. The zero-order valence-corrected chi connectivity index (χ0v) is 19.1. The Morgan fingerprint density at radius 2 is 1.67 bits per heavy atom. The minimum Gasteiger partial charge on any atom is -0.508 e. The van der Waals surface area contributed by atoms with Crippen LogP contribution in [0.25, 0.3) is 0 Å². The van der Waals surface area contributed by atoms with Gasteiger partial charge in [0, 0.05) is 16.1 Å². The average molecular weight is 515 g/mol. The first-order valence-corrected chi connectivity index (χ1v) is 10.2. The van der Waals surface area contributed by atoms with E-state index >= 15 is 0 Å². The van der Waals surface area contributed by atoms with Gasteiger partial charge >= 0.3 is 5.97 Å². The van der Waals surface area contributed by atoms with Crippen molar-refractivity contribution in [1.29, 1.82) is 0 Å². The molecular formula is C23H19BrN2O7. The van der Waals surface area contributed by atoms with Crippen molar-refractivity contribution < 1.29 is 34.0 Å². The molecule has 33 heavy (non-hydrogen) atoms. The summed E-state index contributed by atoms with van der Waals surface area (Å²) in [6.45, 7) is 0. The normalized spacial score (nSPS) is 10.6. The number of hydrogen-bond donors (Lipinski definition) is 3. The van der Waals surface area contributed by atoms with Gasteiger partial charge in [-0.3, -0.25) is 4.79 Å². The van der Waals surface area contributed by atoms with Crippen molar-refractivity contribution in [1.82, 2.24) is 5.43 Å². The van der Waals surface area contributed by atoms with Gasteiger partial charge in [0.15, 0.2) is 11.5 Å². The van der Waals surface area contributed by atoms with E-state index in [1.54, 1.807) is 30.3 Å². The number of benzene rings is 3. The number of nitrogens with zero attached hydrogens (tertiary/aromatic N) is 1. The highest BCUT2D eigenvalue weighted by molar-refractivity contribution is 9.10. The number of hydrazone groups is 1. The summed E-state index contributed by atoms with van der Waals surface area (Å²) in [5.41, 5.74) is 2.84. The minimum atomic E-state index is -0.692. The zero-order valence-electron chi connectivity index (χ0n) is 17.5. The lowest BCUT2D eigenvalue weighted by atomic mass is 10.2. The second kappa shape index (κ2) is 10.5. The summed E-state index contributed by atoms with van der Waals surface area (Å²) in [6.07, 6.45) is 1.29. The first-order valence-electron chi connectivity index (χ1n) is 9.41. The second-order valence-electron chi connectivity index (χ2n) is 6.54. The maximum absolute atomic E-state index is 12.7. The molecule has 0 saturated heterocycles. The molecule has 0 radical (unpaired) electrons. The van der Waals surface area contributed by atoms with E-state index in [1.807, 2.05) is 0 Å². The lowest BCUT2D eigenvalue weighted by Crippen LogP contribution is -2.18. The molecule has 10 heteroatoms. The third-order valence-corrected chi connectivity index (χ3v) is 4.88. The van der Waals surface area contributed by atoms with Gasteiger partial charge in [-0.2, -0.15) is 5.10 Å². The summed E-state index contributed by atoms with van der Waals surface area (Å²) in [6, 6.07) is 13.1. The Kier molecular flexibility index (Phi) is 7.52. The van der Waals surface area contributed by atoms with Gasteiger partial charge in [0.1, 0.15) is 17.2 Å². The number of rotatable bonds is 7. The summed E-state index contributed by atoms with van der Waals surface area (Å²) in [5, 5.41) is 23.0. The largest absolute Gasteiger partial charge is 0.508 e. The molecule has 3 aromatic carbocycles. The number of nitrogens with one attached hydrogen (secondary N) is 1. The van der Waals surface area contributed by atoms with E-state index in [9.17, 15) is 19.8 Å². The Labute approximate surface area is 197 Å². The average Bonchev–Trinajstić information content (AvgIpc) is 2.80. The number of amides is 1. The smallest absolute Gasteiger partial charge is 0.343 e. The molecule has 9 nitrogen and oxygen atoms in total. The Hall–Kier alpha value is -4.05. The van der Waals surface area contributed by atoms with Gasteiger partial charge in [-0.05, 0) is 48.5 Å². The van der Waals surface area contributed by atoms with E-state index in [0.717, 1.165) is 6.07 Å². The SMILES string of the molecule is COc1ccc(C(=O)Oc2ccc(Br)cc2/C=N/NC(=O)c2ccc(O)cc2O)cc1OC. The summed E-state index contributed by atoms with van der Waals surface area (Å²) in [4.78, 5) is 24.9. The van der Waals surface area contributed by atoms with Crippen LogP contribution in [0.3, 0.4) is 0 Å². The fourth-order valence-electron chi connectivity index (χ4n) is 2.77. The lowest BCUT2D eigenvalue weighted by molar-refractivity contribution is 0.0733. The Morgan fingerprint density at radius 3 is 2.36 bits per heavy atom. The first kappa shape index (κ1) is 23.6. The fraction of sp³-hybridized carbons (Fsp3) is 0.0870. The second-order valence-corrected chi connectivity index (χ2v) is 7.46. The molecule has 0 atom stereocenters. The van der Waals surface area contributed by atoms with Crippen molar-refractivity contribution in [2.45, 2.75) is 0 Å². The fourth-order valence-corrected chi connectivity index (χ4v) is 3.15. The summed E-state index contributed by atoms with van der Waals surface area (Å²) in [5.74, 6) is -0.847. The van der Waals surface area contributed by atoms with E-state index in [4.69, 9.17) is 14.2 Å². The summed E-state index contributed by atoms with van der Waals surface area (Å²) >= 11 is 3.34. The van der Waals surface area contributed by atoms with E-state index in [1.165, 1.54) is 38.6 Å². The maximum atomic E-state index is 12.7. The van der Waals surface area contributed by atoms with Crippen LogP contribution in [0.15, 0.2) is 64.2 Å². The molecule has 0 spiro atoms. The number of halogens is 1. The molecular weight excluding hydrogens is 496 g/mol. The van der Waals surface area contributed by atoms with Crippen LogP contribution in [0.5, 0.6) is 28.7 Å². The van der Waals surface area contributed by atoms with Crippen LogP contribution in [0, 0.1) is 0 Å². The number of phenolic OH excluding ortho intramolecular Hbond substituents is 2. The van der Waals surface area contributed by atoms with Gasteiger partial charge in [0.25, 0.3) is 5.91 Å². The van der Waals surface area contributed by atoms with E-state index in [2.05, 4.69) is 26.5 Å². The third-order valence-electron chi connectivity index (χ3n) is 4.39. The molecule has 1 amide bonds. The minimum absolute atomic E-state index is 0.0701. The van der Waals surface area contributed by atoms with Crippen molar-refractivity contribution >= 4 is 34.0 Å². The van der Waals surface area contributed by atoms with E-state index in [-0.39, 0.29) is 22.6 Å². The van der Waals surface area contributed by atoms with Gasteiger partial charge in [0.2, 0.25) is 0 Å². The van der Waals surface area contributed by atoms with Crippen molar-refractivity contribution in [2.75, 3.05) is 14.2 Å². The number of esters is 1. The van der Waals surface area contributed by atoms with Crippen molar-refractivity contribution in [3.05, 3.63) is 75.8 Å².